The third kappa shape index (κ3) is 3.42. The number of anilines is 1. The smallest absolute Gasteiger partial charge is 0.409 e. The maximum Gasteiger partial charge on any atom is 0.409 e. The molecule has 0 bridgehead atoms. The molecule has 2 fully saturated rings. The second-order valence-electron chi connectivity index (χ2n) is 6.31. The quantitative estimate of drug-likeness (QED) is 0.842. The van der Waals surface area contributed by atoms with Gasteiger partial charge >= 0.3 is 6.09 Å². The molecule has 1 saturated heterocycles. The summed E-state index contributed by atoms with van der Waals surface area (Å²) in [6, 6.07) is 3.92. The Balaban J connectivity index is 1.38. The van der Waals surface area contributed by atoms with Crippen molar-refractivity contribution in [3.05, 3.63) is 24.2 Å². The molecular weight excluding hydrogens is 322 g/mol. The maximum atomic E-state index is 11.7. The van der Waals surface area contributed by atoms with Crippen LogP contribution in [0.5, 0.6) is 0 Å². The molecule has 1 aliphatic heterocycles. The highest BCUT2D eigenvalue weighted by Gasteiger charge is 2.30. The van der Waals surface area contributed by atoms with Crippen molar-refractivity contribution in [1.29, 1.82) is 0 Å². The second kappa shape index (κ2) is 6.70. The fourth-order valence-corrected chi connectivity index (χ4v) is 2.89. The minimum Gasteiger partial charge on any atom is -0.450 e. The van der Waals surface area contributed by atoms with Crippen molar-refractivity contribution >= 4 is 11.9 Å². The molecule has 3 heterocycles. The van der Waals surface area contributed by atoms with Gasteiger partial charge in [0, 0.05) is 43.9 Å². The van der Waals surface area contributed by atoms with Crippen molar-refractivity contribution in [3.63, 3.8) is 0 Å². The van der Waals surface area contributed by atoms with Crippen molar-refractivity contribution in [2.45, 2.75) is 25.7 Å². The number of carbonyl (C=O) groups excluding carboxylic acids is 1. The van der Waals surface area contributed by atoms with E-state index < -0.39 is 0 Å². The highest BCUT2D eigenvalue weighted by molar-refractivity contribution is 5.68. The number of hydrogen-bond acceptors (Lipinski definition) is 7. The van der Waals surface area contributed by atoms with Crippen LogP contribution in [0.4, 0.5) is 10.6 Å². The van der Waals surface area contributed by atoms with Crippen LogP contribution in [0, 0.1) is 0 Å². The lowest BCUT2D eigenvalue weighted by Crippen LogP contribution is -2.49. The molecule has 0 unspecified atom stereocenters. The Labute approximate surface area is 145 Å². The maximum absolute atomic E-state index is 11.7. The Morgan fingerprint density at radius 2 is 2.08 bits per heavy atom. The van der Waals surface area contributed by atoms with Crippen LogP contribution >= 0.6 is 0 Å². The van der Waals surface area contributed by atoms with Gasteiger partial charge in [0.1, 0.15) is 5.82 Å². The molecule has 4 rings (SSSR count). The van der Waals surface area contributed by atoms with Crippen LogP contribution in [0.3, 0.4) is 0 Å². The molecule has 8 nitrogen and oxygen atoms in total. The normalized spacial score (nSPS) is 17.6. The van der Waals surface area contributed by atoms with Crippen LogP contribution in [0.1, 0.15) is 31.6 Å². The zero-order chi connectivity index (χ0) is 17.2. The summed E-state index contributed by atoms with van der Waals surface area (Å²) in [6.07, 6.45) is 3.80. The Morgan fingerprint density at radius 3 is 2.72 bits per heavy atom. The van der Waals surface area contributed by atoms with E-state index in [1.165, 1.54) is 0 Å². The van der Waals surface area contributed by atoms with E-state index in [0.717, 1.165) is 43.2 Å². The lowest BCUT2D eigenvalue weighted by molar-refractivity contribution is 0.105. The largest absolute Gasteiger partial charge is 0.450 e. The summed E-state index contributed by atoms with van der Waals surface area (Å²) in [5.41, 5.74) is 0.851. The van der Waals surface area contributed by atoms with Crippen molar-refractivity contribution in [3.8, 4) is 11.4 Å². The lowest BCUT2D eigenvalue weighted by Gasteiger charge is -2.34. The average Bonchev–Trinajstić information content (AvgIpc) is 3.39. The van der Waals surface area contributed by atoms with E-state index >= 15 is 0 Å². The van der Waals surface area contributed by atoms with Gasteiger partial charge < -0.3 is 19.1 Å². The fraction of sp³-hybridized carbons (Fsp3) is 0.529. The summed E-state index contributed by atoms with van der Waals surface area (Å²) >= 11 is 0. The van der Waals surface area contributed by atoms with Crippen LogP contribution in [-0.2, 0) is 4.74 Å². The number of amides is 1. The highest BCUT2D eigenvalue weighted by atomic mass is 16.6. The Morgan fingerprint density at radius 1 is 1.28 bits per heavy atom. The molecule has 0 spiro atoms. The molecule has 2 aromatic heterocycles. The van der Waals surface area contributed by atoms with Gasteiger partial charge in [-0.15, -0.1) is 0 Å². The van der Waals surface area contributed by atoms with Gasteiger partial charge in [-0.05, 0) is 31.9 Å². The minimum atomic E-state index is -0.242. The van der Waals surface area contributed by atoms with Gasteiger partial charge in [-0.3, -0.25) is 0 Å². The van der Waals surface area contributed by atoms with Crippen LogP contribution in [0.25, 0.3) is 11.4 Å². The Hall–Kier alpha value is -2.64. The molecule has 132 valence electrons. The van der Waals surface area contributed by atoms with Crippen molar-refractivity contribution in [1.82, 2.24) is 20.0 Å². The van der Waals surface area contributed by atoms with E-state index in [0.29, 0.717) is 31.4 Å². The number of pyridine rings is 1. The van der Waals surface area contributed by atoms with E-state index in [4.69, 9.17) is 9.26 Å². The number of nitrogens with zero attached hydrogens (tertiary/aromatic N) is 5. The molecular formula is C17H21N5O3. The van der Waals surface area contributed by atoms with Crippen LogP contribution < -0.4 is 4.90 Å². The third-order valence-electron chi connectivity index (χ3n) is 4.50. The third-order valence-corrected chi connectivity index (χ3v) is 4.50. The molecule has 0 radical (unpaired) electrons. The summed E-state index contributed by atoms with van der Waals surface area (Å²) in [7, 11) is 0. The minimum absolute atomic E-state index is 0.242. The predicted molar refractivity (Wildman–Crippen MR) is 90.3 cm³/mol. The van der Waals surface area contributed by atoms with Crippen molar-refractivity contribution in [2.24, 2.45) is 0 Å². The van der Waals surface area contributed by atoms with Crippen molar-refractivity contribution < 1.29 is 14.1 Å². The molecule has 1 aliphatic carbocycles. The van der Waals surface area contributed by atoms with Gasteiger partial charge in [-0.25, -0.2) is 9.78 Å². The number of ether oxygens (including phenoxy) is 1. The van der Waals surface area contributed by atoms with E-state index in [-0.39, 0.29) is 6.09 Å². The zero-order valence-electron chi connectivity index (χ0n) is 14.2. The van der Waals surface area contributed by atoms with E-state index in [9.17, 15) is 4.79 Å². The summed E-state index contributed by atoms with van der Waals surface area (Å²) < 4.78 is 10.3. The molecule has 8 heteroatoms. The van der Waals surface area contributed by atoms with Gasteiger partial charge in [0.15, 0.2) is 0 Å². The molecule has 0 aromatic carbocycles. The van der Waals surface area contributed by atoms with Gasteiger partial charge in [0.25, 0.3) is 0 Å². The van der Waals surface area contributed by atoms with Crippen LogP contribution in [0.2, 0.25) is 0 Å². The molecule has 2 aliphatic rings. The first-order valence-corrected chi connectivity index (χ1v) is 8.71. The Kier molecular flexibility index (Phi) is 4.25. The summed E-state index contributed by atoms with van der Waals surface area (Å²) in [5, 5.41) is 4.04. The fourth-order valence-electron chi connectivity index (χ4n) is 2.89. The highest BCUT2D eigenvalue weighted by Crippen LogP contribution is 2.39. The van der Waals surface area contributed by atoms with E-state index in [2.05, 4.69) is 20.0 Å². The topological polar surface area (TPSA) is 84.6 Å². The average molecular weight is 343 g/mol. The zero-order valence-corrected chi connectivity index (χ0v) is 14.2. The molecule has 0 N–H and O–H groups in total. The summed E-state index contributed by atoms with van der Waals surface area (Å²) in [4.78, 5) is 24.6. The number of piperazine rings is 1. The summed E-state index contributed by atoms with van der Waals surface area (Å²) in [5.74, 6) is 2.66. The van der Waals surface area contributed by atoms with Crippen LogP contribution in [-0.4, -0.2) is 58.9 Å². The monoisotopic (exact) mass is 343 g/mol. The van der Waals surface area contributed by atoms with Gasteiger partial charge in [-0.2, -0.15) is 4.98 Å². The molecule has 1 saturated carbocycles. The second-order valence-corrected chi connectivity index (χ2v) is 6.31. The van der Waals surface area contributed by atoms with Crippen LogP contribution in [0.15, 0.2) is 22.9 Å². The molecule has 0 atom stereocenters. The number of rotatable bonds is 4. The molecule has 1 amide bonds. The SMILES string of the molecule is CCOC(=O)N1CCN(c2ccc(-c3noc(C4CC4)n3)cn2)CC1. The first kappa shape index (κ1) is 15.9. The lowest BCUT2D eigenvalue weighted by atomic mass is 10.2. The predicted octanol–water partition coefficient (Wildman–Crippen LogP) is 2.29. The van der Waals surface area contributed by atoms with Gasteiger partial charge in [0.05, 0.1) is 6.61 Å². The first-order valence-electron chi connectivity index (χ1n) is 8.71. The van der Waals surface area contributed by atoms with E-state index in [1.54, 1.807) is 11.1 Å². The molecule has 25 heavy (non-hydrogen) atoms. The molecule has 2 aromatic rings. The summed E-state index contributed by atoms with van der Waals surface area (Å²) in [6.45, 7) is 4.96. The van der Waals surface area contributed by atoms with Crippen molar-refractivity contribution in [2.75, 3.05) is 37.7 Å². The van der Waals surface area contributed by atoms with E-state index in [1.807, 2.05) is 19.1 Å². The number of hydrogen-bond donors (Lipinski definition) is 0. The number of aromatic nitrogens is 3. The van der Waals surface area contributed by atoms with Gasteiger partial charge in [-0.1, -0.05) is 5.16 Å². The first-order chi connectivity index (χ1) is 12.2. The van der Waals surface area contributed by atoms with Gasteiger partial charge in [0.2, 0.25) is 11.7 Å². The number of carbonyl (C=O) groups is 1. The Bertz CT molecular complexity index is 733. The standard InChI is InChI=1S/C17H21N5O3/c1-2-24-17(23)22-9-7-21(8-10-22)14-6-5-13(11-18-14)15-19-16(25-20-15)12-3-4-12/h5-6,11-12H,2-4,7-10H2,1H3.